The third-order valence-electron chi connectivity index (χ3n) is 4.77. The van der Waals surface area contributed by atoms with Crippen LogP contribution in [-0.4, -0.2) is 27.1 Å². The number of rotatable bonds is 7. The van der Waals surface area contributed by atoms with Gasteiger partial charge in [-0.25, -0.2) is 9.97 Å². The van der Waals surface area contributed by atoms with Crippen LogP contribution in [-0.2, 0) is 30.2 Å². The van der Waals surface area contributed by atoms with Crippen LogP contribution in [0.5, 0.6) is 0 Å². The fraction of sp³-hybridized carbons (Fsp3) is 0.227. The van der Waals surface area contributed by atoms with Crippen LogP contribution in [0.15, 0.2) is 54.6 Å². The summed E-state index contributed by atoms with van der Waals surface area (Å²) in [6, 6.07) is 13.0. The molecule has 1 atom stereocenters. The Labute approximate surface area is 176 Å². The second kappa shape index (κ2) is 9.13. The first-order chi connectivity index (χ1) is 14.6. The molecule has 0 aliphatic carbocycles. The summed E-state index contributed by atoms with van der Waals surface area (Å²) in [6.45, 7) is 0. The lowest BCUT2D eigenvalue weighted by Crippen LogP contribution is -2.32. The maximum atomic E-state index is 12.7. The molecule has 1 heterocycles. The zero-order chi connectivity index (χ0) is 22.6. The number of hydrogen-bond acceptors (Lipinski definition) is 5. The standard InChI is InChI=1S/C22H21F3N4O2/c23-22(24,25)16-8-3-13(4-9-16)5-10-17-12-19(29-21(27)28-17)15-6-1-14(2-7-15)11-18(26)20(30)31/h1-4,6-9,12,18H,5,10-11,26H2,(H,30,31)(H2,27,28,29)/t18-/m0/s1. The molecule has 0 aliphatic heterocycles. The van der Waals surface area contributed by atoms with E-state index in [4.69, 9.17) is 16.6 Å². The molecule has 0 amide bonds. The van der Waals surface area contributed by atoms with Crippen LogP contribution in [0.4, 0.5) is 19.1 Å². The normalized spacial score (nSPS) is 12.5. The van der Waals surface area contributed by atoms with Gasteiger partial charge in [0.25, 0.3) is 0 Å². The number of alkyl halides is 3. The van der Waals surface area contributed by atoms with E-state index < -0.39 is 23.8 Å². The van der Waals surface area contributed by atoms with Gasteiger partial charge in [0, 0.05) is 11.3 Å². The van der Waals surface area contributed by atoms with E-state index in [0.29, 0.717) is 24.2 Å². The minimum absolute atomic E-state index is 0.0943. The summed E-state index contributed by atoms with van der Waals surface area (Å²) in [5.74, 6) is -0.970. The van der Waals surface area contributed by atoms with Gasteiger partial charge in [-0.3, -0.25) is 4.79 Å². The molecular weight excluding hydrogens is 409 g/mol. The van der Waals surface area contributed by atoms with Crippen molar-refractivity contribution in [3.05, 3.63) is 77.0 Å². The molecule has 1 aromatic heterocycles. The smallest absolute Gasteiger partial charge is 0.416 e. The number of halogens is 3. The molecule has 0 spiro atoms. The average Bonchev–Trinajstić information content (AvgIpc) is 2.72. The summed E-state index contributed by atoms with van der Waals surface area (Å²) in [5, 5.41) is 8.91. The van der Waals surface area contributed by atoms with E-state index in [-0.39, 0.29) is 12.4 Å². The summed E-state index contributed by atoms with van der Waals surface area (Å²) in [4.78, 5) is 19.3. The Bertz CT molecular complexity index is 1050. The molecule has 0 saturated heterocycles. The topological polar surface area (TPSA) is 115 Å². The van der Waals surface area contributed by atoms with Gasteiger partial charge in [0.05, 0.1) is 11.3 Å². The minimum Gasteiger partial charge on any atom is -0.480 e. The molecule has 2 aromatic carbocycles. The molecule has 0 fully saturated rings. The SMILES string of the molecule is Nc1nc(CCc2ccc(C(F)(F)F)cc2)cc(-c2ccc(C[C@H](N)C(=O)O)cc2)n1. The van der Waals surface area contributed by atoms with Crippen molar-refractivity contribution in [3.8, 4) is 11.3 Å². The van der Waals surface area contributed by atoms with E-state index >= 15 is 0 Å². The van der Waals surface area contributed by atoms with Crippen LogP contribution in [0, 0.1) is 0 Å². The number of aromatic nitrogens is 2. The number of nitrogens with zero attached hydrogens (tertiary/aromatic N) is 2. The van der Waals surface area contributed by atoms with Gasteiger partial charge >= 0.3 is 12.1 Å². The Morgan fingerprint density at radius 2 is 1.58 bits per heavy atom. The number of nitrogens with two attached hydrogens (primary N) is 2. The number of aliphatic carboxylic acids is 1. The third-order valence-corrected chi connectivity index (χ3v) is 4.77. The first-order valence-corrected chi connectivity index (χ1v) is 9.49. The molecule has 0 unspecified atom stereocenters. The van der Waals surface area contributed by atoms with Crippen molar-refractivity contribution in [3.63, 3.8) is 0 Å². The molecule has 0 saturated carbocycles. The number of benzene rings is 2. The minimum atomic E-state index is -4.36. The lowest BCUT2D eigenvalue weighted by molar-refractivity contribution is -0.139. The number of hydrogen-bond donors (Lipinski definition) is 3. The van der Waals surface area contributed by atoms with Crippen LogP contribution in [0.25, 0.3) is 11.3 Å². The summed E-state index contributed by atoms with van der Waals surface area (Å²) >= 11 is 0. The molecule has 3 aromatic rings. The summed E-state index contributed by atoms with van der Waals surface area (Å²) < 4.78 is 38.0. The fourth-order valence-corrected chi connectivity index (χ4v) is 3.08. The van der Waals surface area contributed by atoms with E-state index in [1.165, 1.54) is 12.1 Å². The highest BCUT2D eigenvalue weighted by Gasteiger charge is 2.29. The maximum absolute atomic E-state index is 12.7. The highest BCUT2D eigenvalue weighted by Crippen LogP contribution is 2.29. The highest BCUT2D eigenvalue weighted by molar-refractivity contribution is 5.73. The Morgan fingerprint density at radius 3 is 2.16 bits per heavy atom. The zero-order valence-electron chi connectivity index (χ0n) is 16.4. The average molecular weight is 430 g/mol. The molecule has 6 nitrogen and oxygen atoms in total. The molecular formula is C22H21F3N4O2. The maximum Gasteiger partial charge on any atom is 0.416 e. The van der Waals surface area contributed by atoms with Crippen molar-refractivity contribution >= 4 is 11.9 Å². The molecule has 0 aliphatic rings. The van der Waals surface area contributed by atoms with Crippen LogP contribution >= 0.6 is 0 Å². The summed E-state index contributed by atoms with van der Waals surface area (Å²) in [5.41, 5.74) is 14.3. The lowest BCUT2D eigenvalue weighted by Gasteiger charge is -2.10. The van der Waals surface area contributed by atoms with Gasteiger partial charge in [-0.2, -0.15) is 13.2 Å². The van der Waals surface area contributed by atoms with E-state index in [2.05, 4.69) is 9.97 Å². The monoisotopic (exact) mass is 430 g/mol. The predicted molar refractivity (Wildman–Crippen MR) is 110 cm³/mol. The molecule has 0 bridgehead atoms. The van der Waals surface area contributed by atoms with Crippen LogP contribution in [0.2, 0.25) is 0 Å². The Hall–Kier alpha value is -3.46. The van der Waals surface area contributed by atoms with Gasteiger partial charge in [0.2, 0.25) is 5.95 Å². The van der Waals surface area contributed by atoms with Crippen LogP contribution in [0.3, 0.4) is 0 Å². The van der Waals surface area contributed by atoms with Gasteiger partial charge in [0.1, 0.15) is 6.04 Å². The lowest BCUT2D eigenvalue weighted by atomic mass is 10.0. The van der Waals surface area contributed by atoms with Crippen LogP contribution in [0.1, 0.15) is 22.4 Å². The first kappa shape index (κ1) is 22.2. The fourth-order valence-electron chi connectivity index (χ4n) is 3.08. The zero-order valence-corrected chi connectivity index (χ0v) is 16.4. The highest BCUT2D eigenvalue weighted by atomic mass is 19.4. The molecule has 162 valence electrons. The Kier molecular flexibility index (Phi) is 6.55. The predicted octanol–water partition coefficient (Wildman–Crippen LogP) is 3.48. The van der Waals surface area contributed by atoms with Crippen LogP contribution < -0.4 is 11.5 Å². The van der Waals surface area contributed by atoms with Crippen molar-refractivity contribution in [1.29, 1.82) is 0 Å². The Balaban J connectivity index is 1.71. The second-order valence-corrected chi connectivity index (χ2v) is 7.14. The first-order valence-electron chi connectivity index (χ1n) is 9.49. The van der Waals surface area contributed by atoms with Crippen molar-refractivity contribution in [2.45, 2.75) is 31.5 Å². The van der Waals surface area contributed by atoms with Gasteiger partial charge < -0.3 is 16.6 Å². The third kappa shape index (κ3) is 6.02. The van der Waals surface area contributed by atoms with E-state index in [1.54, 1.807) is 30.3 Å². The van der Waals surface area contributed by atoms with E-state index in [9.17, 15) is 18.0 Å². The summed E-state index contributed by atoms with van der Waals surface area (Å²) in [6.07, 6.45) is -3.17. The van der Waals surface area contributed by atoms with Crippen molar-refractivity contribution in [1.82, 2.24) is 9.97 Å². The Morgan fingerprint density at radius 1 is 0.968 bits per heavy atom. The van der Waals surface area contributed by atoms with Gasteiger partial charge in [-0.1, -0.05) is 36.4 Å². The molecule has 0 radical (unpaired) electrons. The van der Waals surface area contributed by atoms with Gasteiger partial charge in [-0.15, -0.1) is 0 Å². The second-order valence-electron chi connectivity index (χ2n) is 7.14. The van der Waals surface area contributed by atoms with Crippen molar-refractivity contribution in [2.75, 3.05) is 5.73 Å². The quantitative estimate of drug-likeness (QED) is 0.529. The van der Waals surface area contributed by atoms with Gasteiger partial charge in [0.15, 0.2) is 0 Å². The van der Waals surface area contributed by atoms with E-state index in [1.807, 2.05) is 0 Å². The van der Waals surface area contributed by atoms with E-state index in [0.717, 1.165) is 28.8 Å². The number of carbonyl (C=O) groups is 1. The number of anilines is 1. The molecule has 5 N–H and O–H groups in total. The number of carboxylic acid groups (broad SMARTS) is 1. The largest absolute Gasteiger partial charge is 0.480 e. The molecule has 9 heteroatoms. The molecule has 3 rings (SSSR count). The molecule has 31 heavy (non-hydrogen) atoms. The number of nitrogen functional groups attached to an aromatic ring is 1. The van der Waals surface area contributed by atoms with Crippen molar-refractivity contribution < 1.29 is 23.1 Å². The summed E-state index contributed by atoms with van der Waals surface area (Å²) in [7, 11) is 0. The van der Waals surface area contributed by atoms with Gasteiger partial charge in [-0.05, 0) is 48.6 Å². The number of aryl methyl sites for hydroxylation is 2. The van der Waals surface area contributed by atoms with Crippen molar-refractivity contribution in [2.24, 2.45) is 5.73 Å². The number of carboxylic acids is 1.